The van der Waals surface area contributed by atoms with E-state index in [4.69, 9.17) is 0 Å². The summed E-state index contributed by atoms with van der Waals surface area (Å²) in [5.74, 6) is 0. The molecule has 1 aliphatic carbocycles. The Morgan fingerprint density at radius 3 is 2.42 bits per heavy atom. The van der Waals surface area contributed by atoms with E-state index < -0.39 is 0 Å². The molecule has 12 heavy (non-hydrogen) atoms. The maximum Gasteiger partial charge on any atom is 0.0761 e. The molecule has 0 unspecified atom stereocenters. The van der Waals surface area contributed by atoms with E-state index >= 15 is 0 Å². The number of aliphatic hydroxyl groups is 1. The maximum absolute atomic E-state index is 9.70. The molecule has 0 fully saturated rings. The van der Waals surface area contributed by atoms with Gasteiger partial charge in [-0.2, -0.15) is 0 Å². The summed E-state index contributed by atoms with van der Waals surface area (Å²) in [7, 11) is 0. The van der Waals surface area contributed by atoms with E-state index in [0.717, 1.165) is 12.0 Å². The van der Waals surface area contributed by atoms with Gasteiger partial charge in [-0.15, -0.1) is 0 Å². The highest BCUT2D eigenvalue weighted by Gasteiger charge is 2.32. The van der Waals surface area contributed by atoms with Gasteiger partial charge in [-0.3, -0.25) is 0 Å². The van der Waals surface area contributed by atoms with Crippen LogP contribution in [0.25, 0.3) is 0 Å². The largest absolute Gasteiger partial charge is 0.389 e. The Balaban J connectivity index is 3.10. The predicted octanol–water partition coefficient (Wildman–Crippen LogP) is 2.67. The molecule has 1 heteroatoms. The van der Waals surface area contributed by atoms with Gasteiger partial charge in [0.05, 0.1) is 6.10 Å². The highest BCUT2D eigenvalue weighted by atomic mass is 16.3. The minimum absolute atomic E-state index is 0.0585. The molecule has 0 aliphatic heterocycles. The van der Waals surface area contributed by atoms with Crippen LogP contribution in [0.15, 0.2) is 23.3 Å². The van der Waals surface area contributed by atoms with Gasteiger partial charge in [0, 0.05) is 0 Å². The third-order valence-corrected chi connectivity index (χ3v) is 3.06. The van der Waals surface area contributed by atoms with Gasteiger partial charge in [0.15, 0.2) is 0 Å². The summed E-state index contributed by atoms with van der Waals surface area (Å²) in [6, 6.07) is 0. The number of rotatable bonds is 0. The molecule has 68 valence electrons. The number of aliphatic hydroxyl groups excluding tert-OH is 1. The second kappa shape index (κ2) is 2.74. The molecule has 0 heterocycles. The van der Waals surface area contributed by atoms with Gasteiger partial charge in [0.1, 0.15) is 0 Å². The predicted molar refractivity (Wildman–Crippen MR) is 51.9 cm³/mol. The SMILES string of the molecule is C=C1C(C)=C(C)[C@@H](O)CC1(C)C. The van der Waals surface area contributed by atoms with E-state index in [1.807, 2.05) is 13.8 Å². The summed E-state index contributed by atoms with van der Waals surface area (Å²) >= 11 is 0. The Morgan fingerprint density at radius 1 is 1.42 bits per heavy atom. The molecule has 0 aromatic carbocycles. The van der Waals surface area contributed by atoms with Crippen LogP contribution in [0.2, 0.25) is 0 Å². The fraction of sp³-hybridized carbons (Fsp3) is 0.636. The van der Waals surface area contributed by atoms with Crippen LogP contribution in [-0.4, -0.2) is 11.2 Å². The molecule has 0 aromatic rings. The minimum Gasteiger partial charge on any atom is -0.389 e. The van der Waals surface area contributed by atoms with Crippen molar-refractivity contribution in [3.63, 3.8) is 0 Å². The lowest BCUT2D eigenvalue weighted by Crippen LogP contribution is -2.29. The zero-order valence-electron chi connectivity index (χ0n) is 8.44. The van der Waals surface area contributed by atoms with Gasteiger partial charge in [-0.05, 0) is 42.4 Å². The van der Waals surface area contributed by atoms with Gasteiger partial charge >= 0.3 is 0 Å². The Morgan fingerprint density at radius 2 is 1.92 bits per heavy atom. The first-order valence-corrected chi connectivity index (χ1v) is 4.41. The Hall–Kier alpha value is -0.560. The highest BCUT2D eigenvalue weighted by Crippen LogP contribution is 2.41. The fourth-order valence-corrected chi connectivity index (χ4v) is 1.76. The van der Waals surface area contributed by atoms with Crippen molar-refractivity contribution < 1.29 is 5.11 Å². The molecular weight excluding hydrogens is 148 g/mol. The van der Waals surface area contributed by atoms with Crippen molar-refractivity contribution in [1.29, 1.82) is 0 Å². The molecule has 1 N–H and O–H groups in total. The molecule has 1 nitrogen and oxygen atoms in total. The van der Waals surface area contributed by atoms with E-state index in [2.05, 4.69) is 20.4 Å². The Bertz CT molecular complexity index is 246. The Labute approximate surface area is 74.8 Å². The maximum atomic E-state index is 9.70. The molecular formula is C11H18O. The van der Waals surface area contributed by atoms with Crippen LogP contribution in [-0.2, 0) is 0 Å². The second-order valence-corrected chi connectivity index (χ2v) is 4.39. The number of allylic oxidation sites excluding steroid dienone is 2. The lowest BCUT2D eigenvalue weighted by Gasteiger charge is -2.36. The van der Waals surface area contributed by atoms with Gasteiger partial charge in [-0.1, -0.05) is 20.4 Å². The summed E-state index contributed by atoms with van der Waals surface area (Å²) in [6.07, 6.45) is 0.528. The van der Waals surface area contributed by atoms with Gasteiger partial charge in [-0.25, -0.2) is 0 Å². The summed E-state index contributed by atoms with van der Waals surface area (Å²) in [5.41, 5.74) is 3.49. The van der Waals surface area contributed by atoms with Crippen LogP contribution in [0.4, 0.5) is 0 Å². The number of hydrogen-bond acceptors (Lipinski definition) is 1. The molecule has 1 aliphatic rings. The second-order valence-electron chi connectivity index (χ2n) is 4.39. The van der Waals surface area contributed by atoms with Crippen molar-refractivity contribution in [2.45, 2.75) is 40.2 Å². The first-order chi connectivity index (χ1) is 5.36. The van der Waals surface area contributed by atoms with Gasteiger partial charge < -0.3 is 5.11 Å². The van der Waals surface area contributed by atoms with Crippen LogP contribution < -0.4 is 0 Å². The zero-order valence-corrected chi connectivity index (χ0v) is 8.44. The van der Waals surface area contributed by atoms with Crippen LogP contribution in [0, 0.1) is 5.41 Å². The molecule has 0 amide bonds. The van der Waals surface area contributed by atoms with E-state index in [0.29, 0.717) is 0 Å². The zero-order chi connectivity index (χ0) is 9.52. The lowest BCUT2D eigenvalue weighted by atomic mass is 9.70. The van der Waals surface area contributed by atoms with Crippen molar-refractivity contribution in [3.05, 3.63) is 23.3 Å². The lowest BCUT2D eigenvalue weighted by molar-refractivity contribution is 0.149. The van der Waals surface area contributed by atoms with Gasteiger partial charge in [0.25, 0.3) is 0 Å². The third kappa shape index (κ3) is 1.34. The quantitative estimate of drug-likeness (QED) is 0.586. The topological polar surface area (TPSA) is 20.2 Å². The van der Waals surface area contributed by atoms with Crippen LogP contribution >= 0.6 is 0 Å². The van der Waals surface area contributed by atoms with E-state index in [9.17, 15) is 5.11 Å². The first-order valence-electron chi connectivity index (χ1n) is 4.41. The van der Waals surface area contributed by atoms with Gasteiger partial charge in [0.2, 0.25) is 0 Å². The third-order valence-electron chi connectivity index (χ3n) is 3.06. The molecule has 1 rings (SSSR count). The van der Waals surface area contributed by atoms with E-state index in [1.165, 1.54) is 11.1 Å². The van der Waals surface area contributed by atoms with Crippen LogP contribution in [0.5, 0.6) is 0 Å². The molecule has 0 aromatic heterocycles. The average molecular weight is 166 g/mol. The van der Waals surface area contributed by atoms with E-state index in [1.54, 1.807) is 0 Å². The number of hydrogen-bond donors (Lipinski definition) is 1. The van der Waals surface area contributed by atoms with Crippen molar-refractivity contribution in [3.8, 4) is 0 Å². The van der Waals surface area contributed by atoms with E-state index in [-0.39, 0.29) is 11.5 Å². The standard InChI is InChI=1S/C11H18O/c1-7-8(2)10(12)6-11(4,5)9(7)3/h10,12H,3,6H2,1-2,4-5H3/t10-/m0/s1. The summed E-state index contributed by atoms with van der Waals surface area (Å²) in [4.78, 5) is 0. The van der Waals surface area contributed by atoms with Crippen molar-refractivity contribution in [1.82, 2.24) is 0 Å². The molecule has 0 radical (unpaired) electrons. The summed E-state index contributed by atoms with van der Waals surface area (Å²) in [5, 5.41) is 9.70. The minimum atomic E-state index is -0.273. The van der Waals surface area contributed by atoms with Crippen LogP contribution in [0.1, 0.15) is 34.1 Å². The Kier molecular flexibility index (Phi) is 2.17. The van der Waals surface area contributed by atoms with Crippen LogP contribution in [0.3, 0.4) is 0 Å². The normalized spacial score (nSPS) is 29.4. The first kappa shape index (κ1) is 9.53. The molecule has 0 bridgehead atoms. The van der Waals surface area contributed by atoms with Crippen molar-refractivity contribution >= 4 is 0 Å². The summed E-state index contributed by atoms with van der Waals surface area (Å²) < 4.78 is 0. The molecule has 0 spiro atoms. The highest BCUT2D eigenvalue weighted by molar-refractivity contribution is 5.40. The fourth-order valence-electron chi connectivity index (χ4n) is 1.76. The van der Waals surface area contributed by atoms with Crippen molar-refractivity contribution in [2.75, 3.05) is 0 Å². The molecule has 1 atom stereocenters. The molecule has 0 saturated heterocycles. The average Bonchev–Trinajstić information content (AvgIpc) is 1.97. The summed E-state index contributed by atoms with van der Waals surface area (Å²) in [6.45, 7) is 12.4. The monoisotopic (exact) mass is 166 g/mol. The smallest absolute Gasteiger partial charge is 0.0761 e. The molecule has 0 saturated carbocycles. The van der Waals surface area contributed by atoms with Crippen molar-refractivity contribution in [2.24, 2.45) is 5.41 Å².